The Kier molecular flexibility index (Phi) is 1.93. The van der Waals surface area contributed by atoms with Gasteiger partial charge in [-0.1, -0.05) is 12.1 Å². The molecule has 0 spiro atoms. The van der Waals surface area contributed by atoms with Crippen LogP contribution in [0.4, 0.5) is 0 Å². The summed E-state index contributed by atoms with van der Waals surface area (Å²) in [7, 11) is 0. The van der Waals surface area contributed by atoms with Crippen molar-refractivity contribution in [1.29, 1.82) is 0 Å². The van der Waals surface area contributed by atoms with E-state index < -0.39 is 11.3 Å². The minimum absolute atomic E-state index is 0.226. The first-order chi connectivity index (χ1) is 7.11. The molecule has 0 aliphatic rings. The van der Waals surface area contributed by atoms with E-state index in [1.165, 1.54) is 6.07 Å². The SMILES string of the molecule is NC(=O)c1cn(O)c2ccccc2c1=O. The highest BCUT2D eigenvalue weighted by molar-refractivity contribution is 5.96. The monoisotopic (exact) mass is 204 g/mol. The van der Waals surface area contributed by atoms with E-state index in [1.807, 2.05) is 0 Å². The largest absolute Gasteiger partial charge is 0.428 e. The van der Waals surface area contributed by atoms with Gasteiger partial charge in [-0.05, 0) is 12.1 Å². The number of carbonyl (C=O) groups excluding carboxylic acids is 1. The molecule has 1 heterocycles. The third-order valence-electron chi connectivity index (χ3n) is 2.16. The number of fused-ring (bicyclic) bond motifs is 1. The number of amides is 1. The quantitative estimate of drug-likeness (QED) is 0.656. The predicted octanol–water partition coefficient (Wildman–Crippen LogP) is 0.338. The molecule has 76 valence electrons. The number of pyridine rings is 1. The Labute approximate surface area is 84.3 Å². The molecule has 0 bridgehead atoms. The molecule has 2 rings (SSSR count). The van der Waals surface area contributed by atoms with Crippen molar-refractivity contribution >= 4 is 16.8 Å². The van der Waals surface area contributed by atoms with E-state index in [2.05, 4.69) is 0 Å². The molecule has 3 N–H and O–H groups in total. The van der Waals surface area contributed by atoms with Gasteiger partial charge < -0.3 is 10.9 Å². The fourth-order valence-electron chi connectivity index (χ4n) is 1.44. The fourth-order valence-corrected chi connectivity index (χ4v) is 1.44. The van der Waals surface area contributed by atoms with Gasteiger partial charge >= 0.3 is 0 Å². The molecule has 0 saturated heterocycles. The summed E-state index contributed by atoms with van der Waals surface area (Å²) in [4.78, 5) is 22.6. The van der Waals surface area contributed by atoms with Gasteiger partial charge in [-0.3, -0.25) is 9.59 Å². The van der Waals surface area contributed by atoms with Crippen LogP contribution in [-0.4, -0.2) is 15.8 Å². The number of nitrogens with zero attached hydrogens (tertiary/aromatic N) is 1. The number of rotatable bonds is 1. The Morgan fingerprint density at radius 1 is 1.33 bits per heavy atom. The first kappa shape index (κ1) is 9.26. The second-order valence-corrected chi connectivity index (χ2v) is 3.10. The highest BCUT2D eigenvalue weighted by atomic mass is 16.5. The van der Waals surface area contributed by atoms with E-state index in [0.717, 1.165) is 10.9 Å². The summed E-state index contributed by atoms with van der Waals surface area (Å²) in [6.45, 7) is 0. The van der Waals surface area contributed by atoms with Gasteiger partial charge in [0.25, 0.3) is 5.91 Å². The lowest BCUT2D eigenvalue weighted by atomic mass is 10.1. The molecule has 0 unspecified atom stereocenters. The van der Waals surface area contributed by atoms with Crippen molar-refractivity contribution in [2.75, 3.05) is 0 Å². The van der Waals surface area contributed by atoms with Crippen LogP contribution in [0.2, 0.25) is 0 Å². The minimum atomic E-state index is -0.853. The molecule has 0 atom stereocenters. The summed E-state index contributed by atoms with van der Waals surface area (Å²) in [5.74, 6) is -0.853. The average molecular weight is 204 g/mol. The summed E-state index contributed by atoms with van der Waals surface area (Å²) in [5.41, 5.74) is 4.66. The van der Waals surface area contributed by atoms with E-state index in [0.29, 0.717) is 5.52 Å². The van der Waals surface area contributed by atoms with Gasteiger partial charge in [-0.15, -0.1) is 0 Å². The fraction of sp³-hybridized carbons (Fsp3) is 0. The van der Waals surface area contributed by atoms with Crippen molar-refractivity contribution in [2.45, 2.75) is 0 Å². The molecule has 1 amide bonds. The molecule has 0 aliphatic heterocycles. The summed E-state index contributed by atoms with van der Waals surface area (Å²) >= 11 is 0. The van der Waals surface area contributed by atoms with Crippen LogP contribution >= 0.6 is 0 Å². The van der Waals surface area contributed by atoms with Gasteiger partial charge in [0.05, 0.1) is 11.7 Å². The number of hydrogen-bond donors (Lipinski definition) is 2. The molecule has 1 aromatic heterocycles. The average Bonchev–Trinajstić information content (AvgIpc) is 2.23. The second-order valence-electron chi connectivity index (χ2n) is 3.10. The van der Waals surface area contributed by atoms with E-state index in [9.17, 15) is 14.8 Å². The molecule has 5 heteroatoms. The highest BCUT2D eigenvalue weighted by Crippen LogP contribution is 2.09. The molecular weight excluding hydrogens is 196 g/mol. The van der Waals surface area contributed by atoms with E-state index in [-0.39, 0.29) is 10.9 Å². The van der Waals surface area contributed by atoms with Crippen molar-refractivity contribution in [1.82, 2.24) is 4.73 Å². The maximum absolute atomic E-state index is 11.7. The van der Waals surface area contributed by atoms with Gasteiger partial charge in [-0.2, -0.15) is 4.73 Å². The Bertz CT molecular complexity index is 601. The summed E-state index contributed by atoms with van der Waals surface area (Å²) in [6, 6.07) is 6.42. The van der Waals surface area contributed by atoms with Gasteiger partial charge in [0.2, 0.25) is 5.43 Å². The molecular formula is C10H8N2O3. The Hall–Kier alpha value is -2.30. The van der Waals surface area contributed by atoms with Gasteiger partial charge in [0.1, 0.15) is 5.56 Å². The zero-order valence-electron chi connectivity index (χ0n) is 7.68. The van der Waals surface area contributed by atoms with Crippen molar-refractivity contribution in [3.8, 4) is 0 Å². The number of primary amides is 1. The Balaban J connectivity index is 2.97. The smallest absolute Gasteiger partial charge is 0.254 e. The molecule has 0 radical (unpaired) electrons. The molecule has 0 saturated carbocycles. The zero-order chi connectivity index (χ0) is 11.0. The Morgan fingerprint density at radius 2 is 2.00 bits per heavy atom. The number of hydrogen-bond acceptors (Lipinski definition) is 3. The van der Waals surface area contributed by atoms with Crippen LogP contribution in [-0.2, 0) is 0 Å². The standard InChI is InChI=1S/C10H8N2O3/c11-10(14)7-5-12(15)8-4-2-1-3-6(8)9(7)13/h1-5,15H,(H2,11,14). The molecule has 15 heavy (non-hydrogen) atoms. The number of aromatic nitrogens is 1. The lowest BCUT2D eigenvalue weighted by molar-refractivity contribution is 0.0995. The Morgan fingerprint density at radius 3 is 2.67 bits per heavy atom. The van der Waals surface area contributed by atoms with E-state index in [1.54, 1.807) is 18.2 Å². The third-order valence-corrected chi connectivity index (χ3v) is 2.16. The molecule has 0 aliphatic carbocycles. The van der Waals surface area contributed by atoms with Crippen LogP contribution in [0.3, 0.4) is 0 Å². The highest BCUT2D eigenvalue weighted by Gasteiger charge is 2.11. The third kappa shape index (κ3) is 1.34. The van der Waals surface area contributed by atoms with Crippen molar-refractivity contribution in [3.63, 3.8) is 0 Å². The first-order valence-corrected chi connectivity index (χ1v) is 4.24. The van der Waals surface area contributed by atoms with Gasteiger partial charge in [0, 0.05) is 5.39 Å². The number of nitrogens with two attached hydrogens (primary N) is 1. The molecule has 2 aromatic rings. The van der Waals surface area contributed by atoms with Crippen molar-refractivity contribution in [2.24, 2.45) is 5.73 Å². The first-order valence-electron chi connectivity index (χ1n) is 4.24. The number of para-hydroxylation sites is 1. The van der Waals surface area contributed by atoms with Gasteiger partial charge in [-0.25, -0.2) is 0 Å². The maximum Gasteiger partial charge on any atom is 0.254 e. The summed E-state index contributed by atoms with van der Waals surface area (Å²) in [5, 5.41) is 9.76. The van der Waals surface area contributed by atoms with Crippen LogP contribution in [0.15, 0.2) is 35.3 Å². The number of benzene rings is 1. The topological polar surface area (TPSA) is 85.3 Å². The lowest BCUT2D eigenvalue weighted by Gasteiger charge is -2.04. The van der Waals surface area contributed by atoms with Crippen LogP contribution in [0, 0.1) is 0 Å². The van der Waals surface area contributed by atoms with E-state index in [4.69, 9.17) is 5.73 Å². The van der Waals surface area contributed by atoms with Crippen LogP contribution < -0.4 is 11.2 Å². The molecule has 0 fully saturated rings. The lowest BCUT2D eigenvalue weighted by Crippen LogP contribution is -2.23. The van der Waals surface area contributed by atoms with Crippen molar-refractivity contribution in [3.05, 3.63) is 46.2 Å². The molecule has 1 aromatic carbocycles. The summed E-state index contributed by atoms with van der Waals surface area (Å²) < 4.78 is 0.719. The zero-order valence-corrected chi connectivity index (χ0v) is 7.68. The van der Waals surface area contributed by atoms with E-state index >= 15 is 0 Å². The van der Waals surface area contributed by atoms with Crippen LogP contribution in [0.5, 0.6) is 0 Å². The maximum atomic E-state index is 11.7. The minimum Gasteiger partial charge on any atom is -0.428 e. The number of carbonyl (C=O) groups is 1. The van der Waals surface area contributed by atoms with Crippen LogP contribution in [0.1, 0.15) is 10.4 Å². The predicted molar refractivity (Wildman–Crippen MR) is 53.9 cm³/mol. The normalized spacial score (nSPS) is 10.4. The van der Waals surface area contributed by atoms with Gasteiger partial charge in [0.15, 0.2) is 0 Å². The second kappa shape index (κ2) is 3.13. The summed E-state index contributed by atoms with van der Waals surface area (Å²) in [6.07, 6.45) is 1.02. The molecule has 5 nitrogen and oxygen atoms in total. The van der Waals surface area contributed by atoms with Crippen molar-refractivity contribution < 1.29 is 10.0 Å². The van der Waals surface area contributed by atoms with Crippen LogP contribution in [0.25, 0.3) is 10.9 Å².